The van der Waals surface area contributed by atoms with Gasteiger partial charge in [0, 0.05) is 25.6 Å². The number of methoxy groups -OCH3 is 1. The van der Waals surface area contributed by atoms with Crippen molar-refractivity contribution in [1.82, 2.24) is 15.6 Å². The normalized spacial score (nSPS) is 11.0. The van der Waals surface area contributed by atoms with E-state index < -0.39 is 0 Å². The summed E-state index contributed by atoms with van der Waals surface area (Å²) in [5.74, 6) is 1.60. The number of hydrogen-bond donors (Lipinski definition) is 2. The van der Waals surface area contributed by atoms with Crippen LogP contribution >= 0.6 is 35.3 Å². The molecule has 0 spiro atoms. The zero-order valence-electron chi connectivity index (χ0n) is 15.7. The third-order valence-corrected chi connectivity index (χ3v) is 4.72. The van der Waals surface area contributed by atoms with Gasteiger partial charge in [-0.25, -0.2) is 4.98 Å². The molecule has 0 saturated carbocycles. The molecule has 2 rings (SSSR count). The van der Waals surface area contributed by atoms with E-state index in [1.165, 1.54) is 4.88 Å². The molecule has 2 N–H and O–H groups in total. The van der Waals surface area contributed by atoms with Crippen LogP contribution in [0.2, 0.25) is 0 Å². The molecule has 1 heterocycles. The highest BCUT2D eigenvalue weighted by Gasteiger charge is 2.05. The molecule has 0 saturated heterocycles. The lowest BCUT2D eigenvalue weighted by atomic mass is 10.2. The molecule has 0 atom stereocenters. The second-order valence-electron chi connectivity index (χ2n) is 5.51. The molecule has 0 fully saturated rings. The van der Waals surface area contributed by atoms with E-state index in [1.807, 2.05) is 31.2 Å². The Labute approximate surface area is 176 Å². The smallest absolute Gasteiger partial charge is 0.191 e. The van der Waals surface area contributed by atoms with Crippen molar-refractivity contribution in [3.8, 4) is 5.75 Å². The van der Waals surface area contributed by atoms with Gasteiger partial charge in [0.25, 0.3) is 0 Å². The van der Waals surface area contributed by atoms with Crippen LogP contribution in [0.5, 0.6) is 5.75 Å². The Bertz CT molecular complexity index is 669. The third-order valence-electron chi connectivity index (χ3n) is 3.64. The van der Waals surface area contributed by atoms with Gasteiger partial charge in [0.05, 0.1) is 18.8 Å². The van der Waals surface area contributed by atoms with Crippen molar-refractivity contribution in [3.63, 3.8) is 0 Å². The highest BCUT2D eigenvalue weighted by Crippen LogP contribution is 2.16. The van der Waals surface area contributed by atoms with Crippen molar-refractivity contribution in [2.45, 2.75) is 26.9 Å². The van der Waals surface area contributed by atoms with Gasteiger partial charge >= 0.3 is 0 Å². The van der Waals surface area contributed by atoms with Gasteiger partial charge in [-0.15, -0.1) is 35.3 Å². The van der Waals surface area contributed by atoms with E-state index in [-0.39, 0.29) is 24.0 Å². The van der Waals surface area contributed by atoms with Gasteiger partial charge < -0.3 is 20.1 Å². The second kappa shape index (κ2) is 12.1. The Hall–Kier alpha value is -1.39. The van der Waals surface area contributed by atoms with Crippen LogP contribution in [0.25, 0.3) is 0 Å². The summed E-state index contributed by atoms with van der Waals surface area (Å²) in [5.41, 5.74) is 2.25. The molecule has 0 radical (unpaired) electrons. The first-order valence-corrected chi connectivity index (χ1v) is 9.02. The van der Waals surface area contributed by atoms with Gasteiger partial charge in [-0.3, -0.25) is 4.99 Å². The highest BCUT2D eigenvalue weighted by atomic mass is 127. The van der Waals surface area contributed by atoms with E-state index in [9.17, 15) is 0 Å². The summed E-state index contributed by atoms with van der Waals surface area (Å²) < 4.78 is 10.5. The SMILES string of the molecule is CN=C(NCc1ccc(OCCOC)cc1)NCc1nc(C)c(C)s1.I. The fourth-order valence-corrected chi connectivity index (χ4v) is 3.00. The number of halogens is 1. The average Bonchev–Trinajstić information content (AvgIpc) is 2.94. The van der Waals surface area contributed by atoms with Crippen LogP contribution in [-0.2, 0) is 17.8 Å². The summed E-state index contributed by atoms with van der Waals surface area (Å²) >= 11 is 1.71. The Morgan fingerprint density at radius 1 is 1.12 bits per heavy atom. The number of hydrogen-bond acceptors (Lipinski definition) is 5. The van der Waals surface area contributed by atoms with Gasteiger partial charge in [0.15, 0.2) is 5.96 Å². The van der Waals surface area contributed by atoms with Gasteiger partial charge in [-0.05, 0) is 31.5 Å². The number of aliphatic imine (C=N–C) groups is 1. The predicted octanol–water partition coefficient (Wildman–Crippen LogP) is 3.27. The van der Waals surface area contributed by atoms with Crippen molar-refractivity contribution in [3.05, 3.63) is 45.4 Å². The largest absolute Gasteiger partial charge is 0.491 e. The lowest BCUT2D eigenvalue weighted by Gasteiger charge is -2.11. The molecule has 0 amide bonds. The standard InChI is InChI=1S/C18H26N4O2S.HI/c1-13-14(2)25-17(22-13)12-21-18(19-3)20-11-15-5-7-16(8-6-15)24-10-9-23-4;/h5-8H,9-12H2,1-4H3,(H2,19,20,21);1H. The number of guanidine groups is 1. The molecule has 1 aromatic carbocycles. The van der Waals surface area contributed by atoms with E-state index in [2.05, 4.69) is 27.5 Å². The van der Waals surface area contributed by atoms with Crippen molar-refractivity contribution >= 4 is 41.3 Å². The van der Waals surface area contributed by atoms with E-state index >= 15 is 0 Å². The molecular weight excluding hydrogens is 463 g/mol. The molecule has 6 nitrogen and oxygen atoms in total. The molecule has 26 heavy (non-hydrogen) atoms. The van der Waals surface area contributed by atoms with Gasteiger partial charge in [0.1, 0.15) is 17.4 Å². The van der Waals surface area contributed by atoms with Crippen LogP contribution in [0.4, 0.5) is 0 Å². The van der Waals surface area contributed by atoms with E-state index in [1.54, 1.807) is 25.5 Å². The monoisotopic (exact) mass is 490 g/mol. The van der Waals surface area contributed by atoms with E-state index in [0.29, 0.717) is 26.3 Å². The molecule has 0 unspecified atom stereocenters. The summed E-state index contributed by atoms with van der Waals surface area (Å²) in [6.45, 7) is 6.63. The quantitative estimate of drug-likeness (QED) is 0.257. The van der Waals surface area contributed by atoms with Crippen LogP contribution in [-0.4, -0.2) is 38.3 Å². The number of aromatic nitrogens is 1. The van der Waals surface area contributed by atoms with Crippen molar-refractivity contribution in [2.75, 3.05) is 27.4 Å². The third kappa shape index (κ3) is 7.46. The number of rotatable bonds is 8. The highest BCUT2D eigenvalue weighted by molar-refractivity contribution is 14.0. The molecule has 144 valence electrons. The maximum absolute atomic E-state index is 5.56. The lowest BCUT2D eigenvalue weighted by molar-refractivity contribution is 0.146. The lowest BCUT2D eigenvalue weighted by Crippen LogP contribution is -2.36. The number of ether oxygens (including phenoxy) is 2. The Morgan fingerprint density at radius 2 is 1.81 bits per heavy atom. The van der Waals surface area contributed by atoms with Crippen LogP contribution < -0.4 is 15.4 Å². The molecule has 1 aromatic heterocycles. The van der Waals surface area contributed by atoms with Gasteiger partial charge in [0.2, 0.25) is 0 Å². The number of benzene rings is 1. The first-order valence-electron chi connectivity index (χ1n) is 8.20. The Morgan fingerprint density at radius 3 is 2.38 bits per heavy atom. The number of nitrogens with one attached hydrogen (secondary N) is 2. The fraction of sp³-hybridized carbons (Fsp3) is 0.444. The minimum Gasteiger partial charge on any atom is -0.491 e. The Kier molecular flexibility index (Phi) is 10.5. The number of thiazole rings is 1. The summed E-state index contributed by atoms with van der Waals surface area (Å²) in [5, 5.41) is 7.66. The Balaban J connectivity index is 0.00000338. The summed E-state index contributed by atoms with van der Waals surface area (Å²) in [6.07, 6.45) is 0. The fourth-order valence-electron chi connectivity index (χ4n) is 2.13. The summed E-state index contributed by atoms with van der Waals surface area (Å²) in [6, 6.07) is 8.00. The van der Waals surface area contributed by atoms with Crippen LogP contribution in [0.1, 0.15) is 21.1 Å². The number of aryl methyl sites for hydroxylation is 2. The van der Waals surface area contributed by atoms with Gasteiger partial charge in [-0.2, -0.15) is 0 Å². The maximum atomic E-state index is 5.56. The number of nitrogens with zero attached hydrogens (tertiary/aromatic N) is 2. The van der Waals surface area contributed by atoms with E-state index in [0.717, 1.165) is 28.0 Å². The topological polar surface area (TPSA) is 67.8 Å². The molecule has 2 aromatic rings. The van der Waals surface area contributed by atoms with Crippen LogP contribution in [0.15, 0.2) is 29.3 Å². The zero-order valence-corrected chi connectivity index (χ0v) is 18.8. The van der Waals surface area contributed by atoms with Crippen LogP contribution in [0, 0.1) is 13.8 Å². The molecule has 0 bridgehead atoms. The summed E-state index contributed by atoms with van der Waals surface area (Å²) in [7, 11) is 3.43. The molecule has 0 aliphatic rings. The average molecular weight is 490 g/mol. The second-order valence-corrected chi connectivity index (χ2v) is 6.80. The summed E-state index contributed by atoms with van der Waals surface area (Å²) in [4.78, 5) is 10.0. The van der Waals surface area contributed by atoms with Crippen molar-refractivity contribution in [1.29, 1.82) is 0 Å². The molecule has 0 aliphatic heterocycles. The first-order chi connectivity index (χ1) is 12.1. The van der Waals surface area contributed by atoms with E-state index in [4.69, 9.17) is 9.47 Å². The predicted molar refractivity (Wildman–Crippen MR) is 118 cm³/mol. The maximum Gasteiger partial charge on any atom is 0.191 e. The zero-order chi connectivity index (χ0) is 18.1. The molecular formula is C18H27IN4O2S. The molecule has 0 aliphatic carbocycles. The van der Waals surface area contributed by atoms with Crippen molar-refractivity contribution < 1.29 is 9.47 Å². The van der Waals surface area contributed by atoms with Gasteiger partial charge in [-0.1, -0.05) is 12.1 Å². The first kappa shape index (κ1) is 22.7. The minimum absolute atomic E-state index is 0. The molecule has 8 heteroatoms. The van der Waals surface area contributed by atoms with Crippen LogP contribution in [0.3, 0.4) is 0 Å². The van der Waals surface area contributed by atoms with Crippen molar-refractivity contribution in [2.24, 2.45) is 4.99 Å². The minimum atomic E-state index is 0.